The van der Waals surface area contributed by atoms with Gasteiger partial charge >= 0.3 is 0 Å². The number of nitrogens with one attached hydrogen (secondary N) is 1. The maximum absolute atomic E-state index is 13.3. The van der Waals surface area contributed by atoms with E-state index in [4.69, 9.17) is 0 Å². The van der Waals surface area contributed by atoms with Crippen LogP contribution in [0.3, 0.4) is 0 Å². The van der Waals surface area contributed by atoms with Crippen LogP contribution < -0.4 is 5.32 Å². The highest BCUT2D eigenvalue weighted by Crippen LogP contribution is 2.18. The van der Waals surface area contributed by atoms with E-state index in [2.05, 4.69) is 21.2 Å². The summed E-state index contributed by atoms with van der Waals surface area (Å²) in [4.78, 5) is 27.6. The number of rotatable bonds is 10. The van der Waals surface area contributed by atoms with Crippen molar-refractivity contribution in [1.82, 2.24) is 14.5 Å². The Hall–Kier alpha value is -2.23. The number of carbonyl (C=O) groups excluding carboxylic acids is 2. The van der Waals surface area contributed by atoms with Gasteiger partial charge in [-0.25, -0.2) is 8.42 Å². The van der Waals surface area contributed by atoms with Crippen LogP contribution in [0, 0.1) is 6.92 Å². The van der Waals surface area contributed by atoms with Gasteiger partial charge in [0.25, 0.3) is 0 Å². The van der Waals surface area contributed by atoms with Crippen LogP contribution in [-0.2, 0) is 26.2 Å². The normalized spacial score (nSPS) is 13.4. The summed E-state index contributed by atoms with van der Waals surface area (Å²) in [5.74, 6) is -0.734. The number of amides is 2. The fourth-order valence-electron chi connectivity index (χ4n) is 3.09. The third-order valence-electron chi connectivity index (χ3n) is 5.52. The Morgan fingerprint density at radius 1 is 1.03 bits per heavy atom. The zero-order valence-electron chi connectivity index (χ0n) is 19.7. The highest BCUT2D eigenvalue weighted by Gasteiger charge is 2.30. The van der Waals surface area contributed by atoms with Crippen LogP contribution in [0.25, 0.3) is 0 Å². The van der Waals surface area contributed by atoms with Gasteiger partial charge < -0.3 is 10.2 Å². The monoisotopic (exact) mass is 537 g/mol. The van der Waals surface area contributed by atoms with Crippen molar-refractivity contribution in [3.63, 3.8) is 0 Å². The van der Waals surface area contributed by atoms with Crippen LogP contribution in [-0.4, -0.2) is 55.1 Å². The number of halogens is 1. The van der Waals surface area contributed by atoms with Crippen LogP contribution in [0.15, 0.2) is 57.9 Å². The molecule has 9 heteroatoms. The van der Waals surface area contributed by atoms with Gasteiger partial charge in [0.2, 0.25) is 21.8 Å². The maximum atomic E-state index is 13.3. The Labute approximate surface area is 205 Å². The van der Waals surface area contributed by atoms with E-state index in [1.807, 2.05) is 45.0 Å². The van der Waals surface area contributed by atoms with E-state index >= 15 is 0 Å². The number of likely N-dealkylation sites (N-methyl/N-ethyl adjacent to an activating group) is 1. The van der Waals surface area contributed by atoms with Crippen molar-refractivity contribution in [2.45, 2.75) is 57.6 Å². The van der Waals surface area contributed by atoms with Crippen molar-refractivity contribution in [3.8, 4) is 0 Å². The quantitative estimate of drug-likeness (QED) is 0.500. The van der Waals surface area contributed by atoms with Crippen LogP contribution >= 0.6 is 15.9 Å². The molecule has 1 N–H and O–H groups in total. The first-order valence-electron chi connectivity index (χ1n) is 10.8. The molecule has 0 saturated carbocycles. The molecule has 0 aromatic heterocycles. The molecular formula is C24H32BrN3O4S. The second kappa shape index (κ2) is 11.8. The summed E-state index contributed by atoms with van der Waals surface area (Å²) in [5, 5.41) is 2.90. The van der Waals surface area contributed by atoms with Crippen molar-refractivity contribution in [1.29, 1.82) is 0 Å². The van der Waals surface area contributed by atoms with Crippen molar-refractivity contribution in [2.24, 2.45) is 0 Å². The van der Waals surface area contributed by atoms with Gasteiger partial charge in [-0.3, -0.25) is 9.59 Å². The second-order valence-corrected chi connectivity index (χ2v) is 11.2. The molecule has 180 valence electrons. The van der Waals surface area contributed by atoms with E-state index in [0.29, 0.717) is 0 Å². The predicted molar refractivity (Wildman–Crippen MR) is 133 cm³/mol. The third kappa shape index (κ3) is 7.38. The Kier molecular flexibility index (Phi) is 9.63. The Morgan fingerprint density at radius 3 is 2.15 bits per heavy atom. The minimum absolute atomic E-state index is 0.0332. The second-order valence-electron chi connectivity index (χ2n) is 8.22. The van der Waals surface area contributed by atoms with E-state index in [-0.39, 0.29) is 29.9 Å². The molecule has 0 aliphatic heterocycles. The molecule has 2 rings (SSSR count). The Bertz CT molecular complexity index is 1060. The van der Waals surface area contributed by atoms with Gasteiger partial charge in [-0.15, -0.1) is 0 Å². The third-order valence-corrected chi connectivity index (χ3v) is 7.87. The van der Waals surface area contributed by atoms with E-state index < -0.39 is 22.0 Å². The molecule has 0 spiro atoms. The average Bonchev–Trinajstić information content (AvgIpc) is 2.78. The summed E-state index contributed by atoms with van der Waals surface area (Å²) in [7, 11) is -2.48. The molecule has 0 fully saturated rings. The molecule has 0 aliphatic carbocycles. The molecule has 7 nitrogen and oxygen atoms in total. The van der Waals surface area contributed by atoms with E-state index in [1.165, 1.54) is 24.1 Å². The summed E-state index contributed by atoms with van der Waals surface area (Å²) < 4.78 is 27.8. The van der Waals surface area contributed by atoms with Crippen LogP contribution in [0.5, 0.6) is 0 Å². The van der Waals surface area contributed by atoms with Gasteiger partial charge in [0.15, 0.2) is 0 Å². The highest BCUT2D eigenvalue weighted by atomic mass is 79.9. The number of nitrogens with zero attached hydrogens (tertiary/aromatic N) is 2. The van der Waals surface area contributed by atoms with Crippen molar-refractivity contribution >= 4 is 37.8 Å². The van der Waals surface area contributed by atoms with E-state index in [9.17, 15) is 18.0 Å². The largest absolute Gasteiger partial charge is 0.352 e. The van der Waals surface area contributed by atoms with Gasteiger partial charge in [-0.1, -0.05) is 52.7 Å². The van der Waals surface area contributed by atoms with Gasteiger partial charge in [0, 0.05) is 24.1 Å². The predicted octanol–water partition coefficient (Wildman–Crippen LogP) is 3.71. The van der Waals surface area contributed by atoms with Crippen molar-refractivity contribution < 1.29 is 18.0 Å². The molecule has 2 amide bonds. The van der Waals surface area contributed by atoms with E-state index in [1.54, 1.807) is 19.1 Å². The SMILES string of the molecule is CC[C@H](C)NC(=O)[C@@H](C)N(Cc1ccc(Br)cc1)C(=O)CN(C)S(=O)(=O)c1ccc(C)cc1. The lowest BCUT2D eigenvalue weighted by molar-refractivity contribution is -0.140. The summed E-state index contributed by atoms with van der Waals surface area (Å²) in [6.45, 7) is 7.18. The van der Waals surface area contributed by atoms with E-state index in [0.717, 1.165) is 26.3 Å². The average molecular weight is 539 g/mol. The minimum Gasteiger partial charge on any atom is -0.352 e. The molecule has 0 heterocycles. The fraction of sp³-hybridized carbons (Fsp3) is 0.417. The molecular weight excluding hydrogens is 506 g/mol. The zero-order chi connectivity index (χ0) is 24.8. The molecule has 0 unspecified atom stereocenters. The summed E-state index contributed by atoms with van der Waals surface area (Å²) in [5.41, 5.74) is 1.77. The first-order chi connectivity index (χ1) is 15.4. The maximum Gasteiger partial charge on any atom is 0.243 e. The van der Waals surface area contributed by atoms with Crippen LogP contribution in [0.1, 0.15) is 38.3 Å². The fourth-order valence-corrected chi connectivity index (χ4v) is 4.48. The summed E-state index contributed by atoms with van der Waals surface area (Å²) in [6.07, 6.45) is 0.761. The molecule has 2 atom stereocenters. The molecule has 33 heavy (non-hydrogen) atoms. The molecule has 0 aliphatic rings. The number of aryl methyl sites for hydroxylation is 1. The number of sulfonamides is 1. The summed E-state index contributed by atoms with van der Waals surface area (Å²) >= 11 is 3.39. The van der Waals surface area contributed by atoms with Crippen LogP contribution in [0.4, 0.5) is 0 Å². The topological polar surface area (TPSA) is 86.8 Å². The van der Waals surface area contributed by atoms with Crippen molar-refractivity contribution in [3.05, 3.63) is 64.1 Å². The zero-order valence-corrected chi connectivity index (χ0v) is 22.1. The lowest BCUT2D eigenvalue weighted by Crippen LogP contribution is -2.51. The lowest BCUT2D eigenvalue weighted by atomic mass is 10.1. The standard InChI is InChI=1S/C24H32BrN3O4S/c1-6-18(3)26-24(30)19(4)28(15-20-9-11-21(25)12-10-20)23(29)16-27(5)33(31,32)22-13-7-17(2)8-14-22/h7-14,18-19H,6,15-16H2,1-5H3,(H,26,30)/t18-,19+/m0/s1. The molecule has 2 aromatic carbocycles. The molecule has 0 bridgehead atoms. The summed E-state index contributed by atoms with van der Waals surface area (Å²) in [6, 6.07) is 13.1. The first-order valence-corrected chi connectivity index (χ1v) is 13.1. The molecule has 2 aromatic rings. The molecule has 0 radical (unpaired) electrons. The Balaban J connectivity index is 2.26. The smallest absolute Gasteiger partial charge is 0.243 e. The highest BCUT2D eigenvalue weighted by molar-refractivity contribution is 9.10. The van der Waals surface area contributed by atoms with Gasteiger partial charge in [-0.2, -0.15) is 4.31 Å². The lowest BCUT2D eigenvalue weighted by Gasteiger charge is -2.31. The van der Waals surface area contributed by atoms with Gasteiger partial charge in [-0.05, 0) is 57.0 Å². The number of hydrogen-bond acceptors (Lipinski definition) is 4. The number of hydrogen-bond donors (Lipinski definition) is 1. The van der Waals surface area contributed by atoms with Crippen molar-refractivity contribution in [2.75, 3.05) is 13.6 Å². The van der Waals surface area contributed by atoms with Crippen LogP contribution in [0.2, 0.25) is 0 Å². The molecule has 0 saturated heterocycles. The minimum atomic E-state index is -3.85. The number of benzene rings is 2. The number of carbonyl (C=O) groups is 2. The van der Waals surface area contributed by atoms with Gasteiger partial charge in [0.1, 0.15) is 6.04 Å². The van der Waals surface area contributed by atoms with Gasteiger partial charge in [0.05, 0.1) is 11.4 Å². The first kappa shape index (κ1) is 27.0. The Morgan fingerprint density at radius 2 is 1.61 bits per heavy atom.